The van der Waals surface area contributed by atoms with Gasteiger partial charge in [-0.3, -0.25) is 4.79 Å². The Bertz CT molecular complexity index is 296. The van der Waals surface area contributed by atoms with Crippen molar-refractivity contribution in [1.82, 2.24) is 16.0 Å². The van der Waals surface area contributed by atoms with Crippen LogP contribution in [0.4, 0.5) is 4.79 Å². The average molecular weight is 301 g/mol. The Morgan fingerprint density at radius 3 is 2.29 bits per heavy atom. The van der Waals surface area contributed by atoms with Crippen molar-refractivity contribution in [3.05, 3.63) is 0 Å². The van der Waals surface area contributed by atoms with Crippen LogP contribution in [0.3, 0.4) is 0 Å². The van der Waals surface area contributed by atoms with Gasteiger partial charge in [-0.2, -0.15) is 0 Å². The van der Waals surface area contributed by atoms with Crippen molar-refractivity contribution in [2.45, 2.75) is 46.5 Å². The number of carboxylic acids is 1. The van der Waals surface area contributed by atoms with E-state index in [0.29, 0.717) is 31.3 Å². The summed E-state index contributed by atoms with van der Waals surface area (Å²) in [6, 6.07) is -0.146. The molecule has 1 atom stereocenters. The quantitative estimate of drug-likeness (QED) is 0.414. The largest absolute Gasteiger partial charge is 0.481 e. The van der Waals surface area contributed by atoms with Crippen LogP contribution in [-0.2, 0) is 4.79 Å². The Labute approximate surface area is 128 Å². The van der Waals surface area contributed by atoms with E-state index in [1.165, 1.54) is 0 Å². The van der Waals surface area contributed by atoms with E-state index in [2.05, 4.69) is 36.7 Å². The maximum atomic E-state index is 11.6. The molecule has 6 heteroatoms. The lowest BCUT2D eigenvalue weighted by molar-refractivity contribution is -0.137. The molecule has 0 aliphatic rings. The van der Waals surface area contributed by atoms with Gasteiger partial charge in [0.2, 0.25) is 0 Å². The third kappa shape index (κ3) is 12.2. The van der Waals surface area contributed by atoms with Crippen molar-refractivity contribution in [3.8, 4) is 0 Å². The zero-order valence-corrected chi connectivity index (χ0v) is 13.6. The number of urea groups is 1. The fourth-order valence-corrected chi connectivity index (χ4v) is 2.15. The van der Waals surface area contributed by atoms with E-state index in [-0.39, 0.29) is 12.5 Å². The molecule has 6 nitrogen and oxygen atoms in total. The molecule has 0 aromatic carbocycles. The zero-order valence-electron chi connectivity index (χ0n) is 13.6. The molecule has 0 heterocycles. The van der Waals surface area contributed by atoms with E-state index in [9.17, 15) is 9.59 Å². The summed E-state index contributed by atoms with van der Waals surface area (Å²) in [5.74, 6) is -0.00322. The standard InChI is InChI=1S/C15H31N3O3/c1-4-16-9-5-10-17-15(21)18-11-8-13(12(2)3)6-7-14(19)20/h12-13,16H,4-11H2,1-3H3,(H,19,20)(H2,17,18,21). The highest BCUT2D eigenvalue weighted by Gasteiger charge is 2.15. The lowest BCUT2D eigenvalue weighted by Gasteiger charge is -2.20. The second kappa shape index (κ2) is 12.4. The third-order valence-electron chi connectivity index (χ3n) is 3.54. The summed E-state index contributed by atoms with van der Waals surface area (Å²) >= 11 is 0. The molecule has 0 saturated carbocycles. The smallest absolute Gasteiger partial charge is 0.314 e. The van der Waals surface area contributed by atoms with E-state index in [0.717, 1.165) is 25.9 Å². The average Bonchev–Trinajstić information content (AvgIpc) is 2.41. The van der Waals surface area contributed by atoms with Crippen molar-refractivity contribution in [1.29, 1.82) is 0 Å². The van der Waals surface area contributed by atoms with Gasteiger partial charge in [-0.1, -0.05) is 20.8 Å². The highest BCUT2D eigenvalue weighted by atomic mass is 16.4. The first-order valence-electron chi connectivity index (χ1n) is 7.91. The Morgan fingerprint density at radius 1 is 1.05 bits per heavy atom. The summed E-state index contributed by atoms with van der Waals surface area (Å²) in [5.41, 5.74) is 0. The maximum Gasteiger partial charge on any atom is 0.314 e. The van der Waals surface area contributed by atoms with Crippen LogP contribution in [0.2, 0.25) is 0 Å². The molecule has 0 spiro atoms. The number of carbonyl (C=O) groups excluding carboxylic acids is 1. The molecule has 0 aliphatic carbocycles. The predicted molar refractivity (Wildman–Crippen MR) is 84.4 cm³/mol. The number of carboxylic acid groups (broad SMARTS) is 1. The molecule has 2 amide bonds. The van der Waals surface area contributed by atoms with Crippen LogP contribution in [0.25, 0.3) is 0 Å². The second-order valence-corrected chi connectivity index (χ2v) is 5.61. The van der Waals surface area contributed by atoms with Gasteiger partial charge in [-0.15, -0.1) is 0 Å². The van der Waals surface area contributed by atoms with Crippen molar-refractivity contribution in [2.24, 2.45) is 11.8 Å². The van der Waals surface area contributed by atoms with Gasteiger partial charge in [0.05, 0.1) is 0 Å². The summed E-state index contributed by atoms with van der Waals surface area (Å²) < 4.78 is 0. The van der Waals surface area contributed by atoms with Crippen molar-refractivity contribution >= 4 is 12.0 Å². The number of amides is 2. The molecule has 0 aromatic heterocycles. The Morgan fingerprint density at radius 2 is 1.71 bits per heavy atom. The molecule has 0 bridgehead atoms. The third-order valence-corrected chi connectivity index (χ3v) is 3.54. The van der Waals surface area contributed by atoms with Gasteiger partial charge in [-0.25, -0.2) is 4.79 Å². The van der Waals surface area contributed by atoms with Gasteiger partial charge in [-0.05, 0) is 44.2 Å². The highest BCUT2D eigenvalue weighted by molar-refractivity contribution is 5.73. The van der Waals surface area contributed by atoms with Crippen molar-refractivity contribution in [2.75, 3.05) is 26.2 Å². The number of nitrogens with one attached hydrogen (secondary N) is 3. The molecule has 0 aromatic rings. The van der Waals surface area contributed by atoms with E-state index in [4.69, 9.17) is 5.11 Å². The fourth-order valence-electron chi connectivity index (χ4n) is 2.15. The number of carbonyl (C=O) groups is 2. The first-order valence-corrected chi connectivity index (χ1v) is 7.91. The topological polar surface area (TPSA) is 90.5 Å². The molecule has 0 rings (SSSR count). The van der Waals surface area contributed by atoms with Gasteiger partial charge in [0, 0.05) is 19.5 Å². The monoisotopic (exact) mass is 301 g/mol. The molecule has 0 radical (unpaired) electrons. The molecular weight excluding hydrogens is 270 g/mol. The van der Waals surface area contributed by atoms with Crippen LogP contribution in [0, 0.1) is 11.8 Å². The van der Waals surface area contributed by atoms with E-state index in [1.54, 1.807) is 0 Å². The van der Waals surface area contributed by atoms with Crippen molar-refractivity contribution in [3.63, 3.8) is 0 Å². The normalized spacial score (nSPS) is 12.2. The van der Waals surface area contributed by atoms with Crippen LogP contribution in [-0.4, -0.2) is 43.3 Å². The summed E-state index contributed by atoms with van der Waals surface area (Å²) in [6.07, 6.45) is 2.59. The lowest BCUT2D eigenvalue weighted by Crippen LogP contribution is -2.38. The molecular formula is C15H31N3O3. The highest BCUT2D eigenvalue weighted by Crippen LogP contribution is 2.20. The van der Waals surface area contributed by atoms with Gasteiger partial charge in [0.15, 0.2) is 0 Å². The summed E-state index contributed by atoms with van der Waals surface area (Å²) in [5, 5.41) is 17.6. The molecule has 124 valence electrons. The van der Waals surface area contributed by atoms with Crippen LogP contribution >= 0.6 is 0 Å². The van der Waals surface area contributed by atoms with Crippen LogP contribution in [0.1, 0.15) is 46.5 Å². The minimum Gasteiger partial charge on any atom is -0.481 e. The second-order valence-electron chi connectivity index (χ2n) is 5.61. The predicted octanol–water partition coefficient (Wildman–Crippen LogP) is 1.81. The van der Waals surface area contributed by atoms with Gasteiger partial charge in [0.1, 0.15) is 0 Å². The fraction of sp³-hybridized carbons (Fsp3) is 0.867. The van der Waals surface area contributed by atoms with Gasteiger partial charge >= 0.3 is 12.0 Å². The van der Waals surface area contributed by atoms with Gasteiger partial charge < -0.3 is 21.1 Å². The van der Waals surface area contributed by atoms with Crippen molar-refractivity contribution < 1.29 is 14.7 Å². The SMILES string of the molecule is CCNCCCNC(=O)NCCC(CCC(=O)O)C(C)C. The Hall–Kier alpha value is -1.30. The lowest BCUT2D eigenvalue weighted by atomic mass is 9.88. The summed E-state index contributed by atoms with van der Waals surface area (Å²) in [4.78, 5) is 22.2. The molecule has 1 unspecified atom stereocenters. The molecule has 21 heavy (non-hydrogen) atoms. The van der Waals surface area contributed by atoms with Gasteiger partial charge in [0.25, 0.3) is 0 Å². The minimum atomic E-state index is -0.757. The first kappa shape index (κ1) is 19.7. The Balaban J connectivity index is 3.72. The number of rotatable bonds is 12. The van der Waals surface area contributed by atoms with E-state index < -0.39 is 5.97 Å². The Kier molecular flexibility index (Phi) is 11.7. The first-order chi connectivity index (χ1) is 9.97. The van der Waals surface area contributed by atoms with Crippen LogP contribution in [0.15, 0.2) is 0 Å². The maximum absolute atomic E-state index is 11.6. The number of hydrogen-bond donors (Lipinski definition) is 4. The zero-order chi connectivity index (χ0) is 16.1. The molecule has 4 N–H and O–H groups in total. The number of aliphatic carboxylic acids is 1. The summed E-state index contributed by atoms with van der Waals surface area (Å²) in [7, 11) is 0. The number of hydrogen-bond acceptors (Lipinski definition) is 3. The molecule has 0 saturated heterocycles. The minimum absolute atomic E-state index is 0.146. The molecule has 0 aliphatic heterocycles. The van der Waals surface area contributed by atoms with E-state index >= 15 is 0 Å². The molecule has 0 fully saturated rings. The van der Waals surface area contributed by atoms with E-state index in [1.807, 2.05) is 0 Å². The van der Waals surface area contributed by atoms with Crippen LogP contribution < -0.4 is 16.0 Å². The van der Waals surface area contributed by atoms with Crippen LogP contribution in [0.5, 0.6) is 0 Å². The summed E-state index contributed by atoms with van der Waals surface area (Å²) in [6.45, 7) is 9.32.